The summed E-state index contributed by atoms with van der Waals surface area (Å²) in [5, 5.41) is 15.1. The molecule has 0 atom stereocenters. The van der Waals surface area contributed by atoms with Gasteiger partial charge < -0.3 is 20.5 Å². The second kappa shape index (κ2) is 7.09. The van der Waals surface area contributed by atoms with Gasteiger partial charge in [0.1, 0.15) is 11.6 Å². The molecule has 112 valence electrons. The molecular formula is C14H21FN2O3. The fourth-order valence-corrected chi connectivity index (χ4v) is 1.69. The van der Waals surface area contributed by atoms with Crippen LogP contribution in [0.3, 0.4) is 0 Å². The Morgan fingerprint density at radius 3 is 2.60 bits per heavy atom. The van der Waals surface area contributed by atoms with E-state index in [1.807, 2.05) is 13.8 Å². The fourth-order valence-electron chi connectivity index (χ4n) is 1.69. The van der Waals surface area contributed by atoms with Crippen molar-refractivity contribution in [3.05, 3.63) is 24.0 Å². The number of ether oxygens (including phenoxy) is 1. The third-order valence-corrected chi connectivity index (χ3v) is 3.30. The Bertz CT molecular complexity index is 462. The molecule has 5 nitrogen and oxygen atoms in total. The van der Waals surface area contributed by atoms with Crippen LogP contribution in [-0.2, 0) is 0 Å². The number of rotatable bonds is 6. The van der Waals surface area contributed by atoms with E-state index in [9.17, 15) is 14.3 Å². The summed E-state index contributed by atoms with van der Waals surface area (Å²) in [6.45, 7) is 3.82. The highest BCUT2D eigenvalue weighted by Gasteiger charge is 2.22. The van der Waals surface area contributed by atoms with Gasteiger partial charge in [0.15, 0.2) is 0 Å². The number of hydrogen-bond acceptors (Lipinski definition) is 3. The molecule has 2 amide bonds. The predicted molar refractivity (Wildman–Crippen MR) is 75.5 cm³/mol. The van der Waals surface area contributed by atoms with Gasteiger partial charge in [-0.1, -0.05) is 13.8 Å². The average Bonchev–Trinajstić information content (AvgIpc) is 2.45. The number of anilines is 1. The van der Waals surface area contributed by atoms with Crippen LogP contribution in [0.1, 0.15) is 26.7 Å². The van der Waals surface area contributed by atoms with Crippen molar-refractivity contribution in [2.24, 2.45) is 0 Å². The maximum atomic E-state index is 13.2. The van der Waals surface area contributed by atoms with E-state index in [0.29, 0.717) is 18.6 Å². The zero-order valence-corrected chi connectivity index (χ0v) is 12.0. The van der Waals surface area contributed by atoms with Crippen molar-refractivity contribution < 1.29 is 19.0 Å². The number of carbonyl (C=O) groups is 1. The van der Waals surface area contributed by atoms with Crippen LogP contribution in [0, 0.1) is 5.82 Å². The first-order chi connectivity index (χ1) is 9.44. The molecule has 1 aromatic rings. The zero-order chi connectivity index (χ0) is 15.2. The Hall–Kier alpha value is -1.82. The van der Waals surface area contributed by atoms with Gasteiger partial charge in [-0.3, -0.25) is 0 Å². The predicted octanol–water partition coefficient (Wildman–Crippen LogP) is 2.51. The lowest BCUT2D eigenvalue weighted by atomic mass is 9.98. The van der Waals surface area contributed by atoms with Gasteiger partial charge in [0.2, 0.25) is 0 Å². The standard InChI is InChI=1S/C14H21FN2O3/c1-4-14(19,5-2)9-16-13(18)17-11-8-10(15)6-7-12(11)20-3/h6-8,19H,4-5,9H2,1-3H3,(H2,16,17,18). The molecule has 0 saturated carbocycles. The van der Waals surface area contributed by atoms with Gasteiger partial charge in [0.25, 0.3) is 0 Å². The lowest BCUT2D eigenvalue weighted by Crippen LogP contribution is -2.43. The van der Waals surface area contributed by atoms with Crippen molar-refractivity contribution in [3.8, 4) is 5.75 Å². The monoisotopic (exact) mass is 284 g/mol. The minimum absolute atomic E-state index is 0.128. The number of urea groups is 1. The number of nitrogens with one attached hydrogen (secondary N) is 2. The largest absolute Gasteiger partial charge is 0.495 e. The van der Waals surface area contributed by atoms with Gasteiger partial charge in [-0.05, 0) is 25.0 Å². The van der Waals surface area contributed by atoms with Crippen molar-refractivity contribution in [1.82, 2.24) is 5.32 Å². The smallest absolute Gasteiger partial charge is 0.319 e. The van der Waals surface area contributed by atoms with Crippen molar-refractivity contribution in [1.29, 1.82) is 0 Å². The van der Waals surface area contributed by atoms with Crippen LogP contribution in [0.25, 0.3) is 0 Å². The molecule has 0 spiro atoms. The van der Waals surface area contributed by atoms with Gasteiger partial charge in [0.05, 0.1) is 18.4 Å². The highest BCUT2D eigenvalue weighted by molar-refractivity contribution is 5.90. The number of aliphatic hydroxyl groups is 1. The van der Waals surface area contributed by atoms with Crippen molar-refractivity contribution >= 4 is 11.7 Å². The van der Waals surface area contributed by atoms with E-state index >= 15 is 0 Å². The number of carbonyl (C=O) groups excluding carboxylic acids is 1. The number of halogens is 1. The van der Waals surface area contributed by atoms with Gasteiger partial charge in [-0.2, -0.15) is 0 Å². The van der Waals surface area contributed by atoms with Crippen LogP contribution in [-0.4, -0.2) is 30.4 Å². The first-order valence-electron chi connectivity index (χ1n) is 6.55. The maximum Gasteiger partial charge on any atom is 0.319 e. The lowest BCUT2D eigenvalue weighted by Gasteiger charge is -2.25. The molecule has 0 radical (unpaired) electrons. The molecule has 0 aliphatic rings. The van der Waals surface area contributed by atoms with E-state index in [-0.39, 0.29) is 12.2 Å². The minimum atomic E-state index is -0.927. The summed E-state index contributed by atoms with van der Waals surface area (Å²) in [7, 11) is 1.43. The Kier molecular flexibility index (Phi) is 5.76. The van der Waals surface area contributed by atoms with Gasteiger partial charge in [-0.25, -0.2) is 9.18 Å². The summed E-state index contributed by atoms with van der Waals surface area (Å²) in [6, 6.07) is 3.33. The van der Waals surface area contributed by atoms with E-state index in [1.165, 1.54) is 25.3 Å². The number of hydrogen-bond donors (Lipinski definition) is 3. The van der Waals surface area contributed by atoms with Crippen LogP contribution in [0.15, 0.2) is 18.2 Å². The average molecular weight is 284 g/mol. The van der Waals surface area contributed by atoms with Crippen LogP contribution in [0.2, 0.25) is 0 Å². The Morgan fingerprint density at radius 2 is 2.05 bits per heavy atom. The first kappa shape index (κ1) is 16.2. The van der Waals surface area contributed by atoms with E-state index in [2.05, 4.69) is 10.6 Å². The summed E-state index contributed by atoms with van der Waals surface area (Å²) < 4.78 is 18.2. The molecule has 0 aromatic heterocycles. The highest BCUT2D eigenvalue weighted by Crippen LogP contribution is 2.24. The molecule has 20 heavy (non-hydrogen) atoms. The SMILES string of the molecule is CCC(O)(CC)CNC(=O)Nc1cc(F)ccc1OC. The summed E-state index contributed by atoms with van der Waals surface area (Å²) in [6.07, 6.45) is 1.07. The Morgan fingerprint density at radius 1 is 1.40 bits per heavy atom. The molecular weight excluding hydrogens is 263 g/mol. The molecule has 1 aromatic carbocycles. The van der Waals surface area contributed by atoms with Gasteiger partial charge in [0, 0.05) is 12.6 Å². The van der Waals surface area contributed by atoms with Crippen LogP contribution < -0.4 is 15.4 Å². The summed E-state index contributed by atoms with van der Waals surface area (Å²) in [5.41, 5.74) is -0.690. The summed E-state index contributed by atoms with van der Waals surface area (Å²) in [4.78, 5) is 11.8. The van der Waals surface area contributed by atoms with Crippen LogP contribution >= 0.6 is 0 Å². The van der Waals surface area contributed by atoms with Crippen molar-refractivity contribution in [2.75, 3.05) is 19.0 Å². The quantitative estimate of drug-likeness (QED) is 0.751. The lowest BCUT2D eigenvalue weighted by molar-refractivity contribution is 0.0354. The fraction of sp³-hybridized carbons (Fsp3) is 0.500. The molecule has 0 fully saturated rings. The third-order valence-electron chi connectivity index (χ3n) is 3.30. The van der Waals surface area contributed by atoms with Crippen LogP contribution in [0.5, 0.6) is 5.75 Å². The van der Waals surface area contributed by atoms with Crippen LogP contribution in [0.4, 0.5) is 14.9 Å². The normalized spacial score (nSPS) is 11.1. The molecule has 0 aliphatic carbocycles. The number of benzene rings is 1. The molecule has 0 bridgehead atoms. The molecule has 0 heterocycles. The second-order valence-electron chi connectivity index (χ2n) is 4.58. The van der Waals surface area contributed by atoms with Crippen molar-refractivity contribution in [2.45, 2.75) is 32.3 Å². The molecule has 1 rings (SSSR count). The molecule has 0 saturated heterocycles. The van der Waals surface area contributed by atoms with Crippen molar-refractivity contribution in [3.63, 3.8) is 0 Å². The van der Waals surface area contributed by atoms with Gasteiger partial charge in [-0.15, -0.1) is 0 Å². The topological polar surface area (TPSA) is 70.6 Å². The van der Waals surface area contributed by atoms with E-state index in [0.717, 1.165) is 0 Å². The Balaban J connectivity index is 2.65. The molecule has 0 unspecified atom stereocenters. The Labute approximate surface area is 118 Å². The summed E-state index contributed by atoms with van der Waals surface area (Å²) >= 11 is 0. The van der Waals surface area contributed by atoms with E-state index < -0.39 is 17.4 Å². The van der Waals surface area contributed by atoms with E-state index in [1.54, 1.807) is 0 Å². The molecule has 3 N–H and O–H groups in total. The summed E-state index contributed by atoms with van der Waals surface area (Å²) in [5.74, 6) is -0.109. The maximum absolute atomic E-state index is 13.2. The van der Waals surface area contributed by atoms with E-state index in [4.69, 9.17) is 4.74 Å². The number of amides is 2. The molecule has 6 heteroatoms. The molecule has 0 aliphatic heterocycles. The first-order valence-corrected chi connectivity index (χ1v) is 6.55. The highest BCUT2D eigenvalue weighted by atomic mass is 19.1. The zero-order valence-electron chi connectivity index (χ0n) is 12.0. The minimum Gasteiger partial charge on any atom is -0.495 e. The van der Waals surface area contributed by atoms with Gasteiger partial charge >= 0.3 is 6.03 Å². The third kappa shape index (κ3) is 4.38. The number of methoxy groups -OCH3 is 1. The second-order valence-corrected chi connectivity index (χ2v) is 4.58.